The molecule has 0 aliphatic rings. The van der Waals surface area contributed by atoms with Crippen molar-refractivity contribution in [2.75, 3.05) is 7.11 Å². The number of nitrogens with zero attached hydrogens (tertiary/aromatic N) is 1. The van der Waals surface area contributed by atoms with Crippen LogP contribution in [0.2, 0.25) is 0 Å². The number of aliphatic hydroxyl groups excluding tert-OH is 1. The quantitative estimate of drug-likeness (QED) is 0.906. The van der Waals surface area contributed by atoms with Crippen LogP contribution in [0.4, 0.5) is 0 Å². The first-order valence-electron chi connectivity index (χ1n) is 5.40. The molecule has 2 rings (SSSR count). The van der Waals surface area contributed by atoms with E-state index >= 15 is 0 Å². The van der Waals surface area contributed by atoms with Gasteiger partial charge >= 0.3 is 0 Å². The van der Waals surface area contributed by atoms with E-state index < -0.39 is 0 Å². The molecule has 1 aromatic heterocycles. The third-order valence-corrected chi connectivity index (χ3v) is 3.63. The highest BCUT2D eigenvalue weighted by atomic mass is 32.1. The summed E-state index contributed by atoms with van der Waals surface area (Å²) >= 11 is 1.52. The van der Waals surface area contributed by atoms with Gasteiger partial charge in [0.25, 0.3) is 0 Å². The zero-order valence-corrected chi connectivity index (χ0v) is 10.8. The van der Waals surface area contributed by atoms with Crippen molar-refractivity contribution in [2.24, 2.45) is 0 Å². The van der Waals surface area contributed by atoms with Crippen LogP contribution in [-0.4, -0.2) is 17.2 Å². The number of benzene rings is 1. The van der Waals surface area contributed by atoms with Crippen LogP contribution in [0.5, 0.6) is 0 Å². The summed E-state index contributed by atoms with van der Waals surface area (Å²) in [4.78, 5) is 5.38. The Kier molecular flexibility index (Phi) is 3.89. The van der Waals surface area contributed by atoms with E-state index in [1.807, 2.05) is 12.1 Å². The maximum Gasteiger partial charge on any atom is 0.124 e. The molecule has 0 saturated heterocycles. The molecule has 0 aliphatic heterocycles. The number of aliphatic hydroxyl groups is 1. The number of ether oxygens (including phenoxy) is 1. The van der Waals surface area contributed by atoms with Gasteiger partial charge in [-0.3, -0.25) is 0 Å². The molecule has 4 heteroatoms. The Bertz CT molecular complexity index is 491. The van der Waals surface area contributed by atoms with Crippen molar-refractivity contribution in [3.8, 4) is 10.6 Å². The highest BCUT2D eigenvalue weighted by Crippen LogP contribution is 2.28. The van der Waals surface area contributed by atoms with Crippen LogP contribution in [-0.2, 0) is 18.0 Å². The molecule has 2 aromatic rings. The maximum atomic E-state index is 9.26. The lowest BCUT2D eigenvalue weighted by Crippen LogP contribution is -1.92. The maximum absolute atomic E-state index is 9.26. The topological polar surface area (TPSA) is 42.4 Å². The lowest BCUT2D eigenvalue weighted by Gasteiger charge is -1.97. The van der Waals surface area contributed by atoms with Crippen LogP contribution in [0.3, 0.4) is 0 Å². The predicted octanol–water partition coefficient (Wildman–Crippen LogP) is 2.76. The van der Waals surface area contributed by atoms with E-state index in [0.717, 1.165) is 21.1 Å². The van der Waals surface area contributed by atoms with Crippen molar-refractivity contribution in [1.82, 2.24) is 4.98 Å². The Balaban J connectivity index is 2.35. The lowest BCUT2D eigenvalue weighted by atomic mass is 10.2. The molecule has 1 N–H and O–H groups in total. The van der Waals surface area contributed by atoms with Crippen molar-refractivity contribution in [1.29, 1.82) is 0 Å². The monoisotopic (exact) mass is 249 g/mol. The molecule has 0 radical (unpaired) electrons. The van der Waals surface area contributed by atoms with Gasteiger partial charge in [-0.15, -0.1) is 11.3 Å². The average molecular weight is 249 g/mol. The molecule has 17 heavy (non-hydrogen) atoms. The zero-order chi connectivity index (χ0) is 12.3. The van der Waals surface area contributed by atoms with Gasteiger partial charge in [0.1, 0.15) is 5.01 Å². The summed E-state index contributed by atoms with van der Waals surface area (Å²) in [6, 6.07) is 8.22. The van der Waals surface area contributed by atoms with Crippen LogP contribution < -0.4 is 0 Å². The molecule has 0 bridgehead atoms. The number of hydrogen-bond donors (Lipinski definition) is 1. The number of aromatic nitrogens is 1. The number of thiazole rings is 1. The number of aryl methyl sites for hydroxylation is 1. The fourth-order valence-electron chi connectivity index (χ4n) is 1.58. The molecule has 0 unspecified atom stereocenters. The summed E-state index contributed by atoms with van der Waals surface area (Å²) in [6.07, 6.45) is 0. The Labute approximate surface area is 105 Å². The van der Waals surface area contributed by atoms with Crippen LogP contribution >= 0.6 is 11.3 Å². The second-order valence-corrected chi connectivity index (χ2v) is 4.93. The van der Waals surface area contributed by atoms with E-state index in [9.17, 15) is 5.11 Å². The van der Waals surface area contributed by atoms with E-state index in [-0.39, 0.29) is 6.61 Å². The molecule has 0 amide bonds. The molecule has 1 aromatic carbocycles. The SMILES string of the molecule is COCc1nc(-c2ccc(C)cc2)sc1CO. The van der Waals surface area contributed by atoms with Crippen LogP contribution in [0.15, 0.2) is 24.3 Å². The van der Waals surface area contributed by atoms with Gasteiger partial charge in [0, 0.05) is 12.7 Å². The molecule has 0 atom stereocenters. The standard InChI is InChI=1S/C13H15NO2S/c1-9-3-5-10(6-4-9)13-14-11(8-16-2)12(7-15)17-13/h3-6,15H,7-8H2,1-2H3. The summed E-state index contributed by atoms with van der Waals surface area (Å²) in [5.41, 5.74) is 3.14. The minimum absolute atomic E-state index is 0.0161. The van der Waals surface area contributed by atoms with E-state index in [4.69, 9.17) is 4.74 Å². The van der Waals surface area contributed by atoms with E-state index in [1.165, 1.54) is 16.9 Å². The summed E-state index contributed by atoms with van der Waals surface area (Å²) < 4.78 is 5.07. The Hall–Kier alpha value is -1.23. The van der Waals surface area contributed by atoms with Gasteiger partial charge in [-0.1, -0.05) is 29.8 Å². The highest BCUT2D eigenvalue weighted by molar-refractivity contribution is 7.15. The first-order valence-corrected chi connectivity index (χ1v) is 6.21. The minimum atomic E-state index is 0.0161. The number of methoxy groups -OCH3 is 1. The zero-order valence-electron chi connectivity index (χ0n) is 9.93. The van der Waals surface area contributed by atoms with Gasteiger partial charge in [-0.2, -0.15) is 0 Å². The van der Waals surface area contributed by atoms with E-state index in [2.05, 4.69) is 24.0 Å². The van der Waals surface area contributed by atoms with Gasteiger partial charge in [0.05, 0.1) is 23.8 Å². The average Bonchev–Trinajstić information content (AvgIpc) is 2.74. The fourth-order valence-corrected chi connectivity index (χ4v) is 2.51. The molecular formula is C13H15NO2S. The molecule has 1 heterocycles. The normalized spacial score (nSPS) is 10.8. The molecule has 0 spiro atoms. The molecule has 0 aliphatic carbocycles. The summed E-state index contributed by atoms with van der Waals surface area (Å²) in [5.74, 6) is 0. The minimum Gasteiger partial charge on any atom is -0.391 e. The van der Waals surface area contributed by atoms with E-state index in [0.29, 0.717) is 6.61 Å². The van der Waals surface area contributed by atoms with Crippen LogP contribution in [0.25, 0.3) is 10.6 Å². The van der Waals surface area contributed by atoms with Gasteiger partial charge in [-0.05, 0) is 6.92 Å². The van der Waals surface area contributed by atoms with Crippen molar-refractivity contribution in [3.63, 3.8) is 0 Å². The number of hydrogen-bond acceptors (Lipinski definition) is 4. The second-order valence-electron chi connectivity index (χ2n) is 3.85. The van der Waals surface area contributed by atoms with Crippen molar-refractivity contribution in [2.45, 2.75) is 20.1 Å². The van der Waals surface area contributed by atoms with Crippen molar-refractivity contribution >= 4 is 11.3 Å². The summed E-state index contributed by atoms with van der Waals surface area (Å²) in [6.45, 7) is 2.52. The Morgan fingerprint density at radius 3 is 2.59 bits per heavy atom. The second kappa shape index (κ2) is 5.40. The van der Waals surface area contributed by atoms with E-state index in [1.54, 1.807) is 7.11 Å². The first-order chi connectivity index (χ1) is 8.24. The first kappa shape index (κ1) is 12.2. The largest absolute Gasteiger partial charge is 0.391 e. The summed E-state index contributed by atoms with van der Waals surface area (Å²) in [7, 11) is 1.63. The predicted molar refractivity (Wildman–Crippen MR) is 68.9 cm³/mol. The third-order valence-electron chi connectivity index (χ3n) is 2.50. The molecule has 0 saturated carbocycles. The summed E-state index contributed by atoms with van der Waals surface area (Å²) in [5, 5.41) is 10.2. The van der Waals surface area contributed by atoms with Crippen molar-refractivity contribution < 1.29 is 9.84 Å². The number of rotatable bonds is 4. The highest BCUT2D eigenvalue weighted by Gasteiger charge is 2.11. The smallest absolute Gasteiger partial charge is 0.124 e. The van der Waals surface area contributed by atoms with Crippen LogP contribution in [0.1, 0.15) is 16.1 Å². The molecule has 3 nitrogen and oxygen atoms in total. The van der Waals surface area contributed by atoms with Gasteiger partial charge < -0.3 is 9.84 Å². The fraction of sp³-hybridized carbons (Fsp3) is 0.308. The third kappa shape index (κ3) is 2.72. The molecular weight excluding hydrogens is 234 g/mol. The van der Waals surface area contributed by atoms with Crippen LogP contribution in [0, 0.1) is 6.92 Å². The Morgan fingerprint density at radius 1 is 1.29 bits per heavy atom. The van der Waals surface area contributed by atoms with Gasteiger partial charge in [-0.25, -0.2) is 4.98 Å². The van der Waals surface area contributed by atoms with Gasteiger partial charge in [0.2, 0.25) is 0 Å². The Morgan fingerprint density at radius 2 is 2.00 bits per heavy atom. The van der Waals surface area contributed by atoms with Gasteiger partial charge in [0.15, 0.2) is 0 Å². The lowest BCUT2D eigenvalue weighted by molar-refractivity contribution is 0.179. The molecule has 0 fully saturated rings. The van der Waals surface area contributed by atoms with Crippen molar-refractivity contribution in [3.05, 3.63) is 40.4 Å². The molecule has 90 valence electrons.